The van der Waals surface area contributed by atoms with Crippen LogP contribution in [0.25, 0.3) is 43.7 Å². The summed E-state index contributed by atoms with van der Waals surface area (Å²) in [7, 11) is 2.22. The smallest absolute Gasteiger partial charge is 0.159 e. The Balaban J connectivity index is 1.48. The standard InChI is InChI=1S/C29H27NO/c1-30-24-7-4-6-23(29-14-17-11-18(15-29)13-19(12-17)16-29)26(24)22-10-9-21-20-5-2-3-8-25(20)31-28(21)27(22)30/h2-10,17-19H,11-16H2,1H3. The van der Waals surface area contributed by atoms with Crippen molar-refractivity contribution in [3.8, 4) is 0 Å². The molecule has 5 aromatic rings. The van der Waals surface area contributed by atoms with Gasteiger partial charge in [-0.25, -0.2) is 0 Å². The van der Waals surface area contributed by atoms with Gasteiger partial charge in [0, 0.05) is 34.1 Å². The Morgan fingerprint density at radius 2 is 1.48 bits per heavy atom. The minimum atomic E-state index is 0.394. The summed E-state index contributed by atoms with van der Waals surface area (Å²) < 4.78 is 8.83. The fourth-order valence-electron chi connectivity index (χ4n) is 8.42. The van der Waals surface area contributed by atoms with Gasteiger partial charge in [-0.05, 0) is 85.5 Å². The Labute approximate surface area is 181 Å². The molecule has 0 saturated heterocycles. The summed E-state index contributed by atoms with van der Waals surface area (Å²) in [6, 6.07) is 20.2. The predicted octanol–water partition coefficient (Wildman–Crippen LogP) is 7.70. The van der Waals surface area contributed by atoms with Crippen molar-refractivity contribution in [1.29, 1.82) is 0 Å². The number of benzene rings is 3. The predicted molar refractivity (Wildman–Crippen MR) is 128 cm³/mol. The SMILES string of the molecule is Cn1c2cccc(C34CC5CC(CC(C5)C3)C4)c2c2ccc3c4ccccc4oc3c21. The first-order valence-electron chi connectivity index (χ1n) is 12.0. The van der Waals surface area contributed by atoms with Crippen LogP contribution in [0.15, 0.2) is 59.0 Å². The minimum absolute atomic E-state index is 0.394. The van der Waals surface area contributed by atoms with E-state index < -0.39 is 0 Å². The lowest BCUT2D eigenvalue weighted by Crippen LogP contribution is -2.48. The van der Waals surface area contributed by atoms with Gasteiger partial charge in [0.25, 0.3) is 0 Å². The molecule has 2 nitrogen and oxygen atoms in total. The number of rotatable bonds is 1. The second-order valence-corrected chi connectivity index (χ2v) is 10.9. The summed E-state index contributed by atoms with van der Waals surface area (Å²) in [4.78, 5) is 0. The number of furan rings is 1. The van der Waals surface area contributed by atoms with E-state index in [-0.39, 0.29) is 0 Å². The first kappa shape index (κ1) is 16.9. The molecule has 0 atom stereocenters. The molecule has 2 aromatic heterocycles. The van der Waals surface area contributed by atoms with Crippen LogP contribution in [0.4, 0.5) is 0 Å². The van der Waals surface area contributed by atoms with Crippen molar-refractivity contribution in [2.75, 3.05) is 0 Å². The Morgan fingerprint density at radius 1 is 0.774 bits per heavy atom. The zero-order chi connectivity index (χ0) is 20.3. The van der Waals surface area contributed by atoms with Crippen LogP contribution in [0.3, 0.4) is 0 Å². The fourth-order valence-corrected chi connectivity index (χ4v) is 8.42. The van der Waals surface area contributed by atoms with Crippen molar-refractivity contribution in [1.82, 2.24) is 4.57 Å². The number of fused-ring (bicyclic) bond motifs is 7. The maximum absolute atomic E-state index is 6.44. The third-order valence-electron chi connectivity index (χ3n) is 9.14. The second-order valence-electron chi connectivity index (χ2n) is 10.9. The lowest BCUT2D eigenvalue weighted by Gasteiger charge is -2.57. The Morgan fingerprint density at radius 3 is 2.26 bits per heavy atom. The summed E-state index contributed by atoms with van der Waals surface area (Å²) in [6.07, 6.45) is 8.68. The minimum Gasteiger partial charge on any atom is -0.454 e. The number of nitrogens with zero attached hydrogens (tertiary/aromatic N) is 1. The monoisotopic (exact) mass is 405 g/mol. The van der Waals surface area contributed by atoms with Crippen LogP contribution in [0.5, 0.6) is 0 Å². The van der Waals surface area contributed by atoms with Crippen molar-refractivity contribution in [3.05, 3.63) is 60.2 Å². The number of aryl methyl sites for hydroxylation is 1. The van der Waals surface area contributed by atoms with Crippen molar-refractivity contribution in [2.45, 2.75) is 43.9 Å². The van der Waals surface area contributed by atoms with Crippen LogP contribution in [0.1, 0.15) is 44.1 Å². The van der Waals surface area contributed by atoms with E-state index in [1.807, 2.05) is 0 Å². The van der Waals surface area contributed by atoms with Gasteiger partial charge in [0.05, 0.1) is 5.52 Å². The molecule has 0 N–H and O–H groups in total. The van der Waals surface area contributed by atoms with E-state index in [0.29, 0.717) is 5.41 Å². The zero-order valence-corrected chi connectivity index (χ0v) is 18.0. The van der Waals surface area contributed by atoms with E-state index in [4.69, 9.17) is 4.42 Å². The first-order valence-corrected chi connectivity index (χ1v) is 12.0. The van der Waals surface area contributed by atoms with Crippen LogP contribution in [0, 0.1) is 17.8 Å². The maximum Gasteiger partial charge on any atom is 0.159 e. The molecule has 4 aliphatic carbocycles. The summed E-state index contributed by atoms with van der Waals surface area (Å²) >= 11 is 0. The van der Waals surface area contributed by atoms with Crippen molar-refractivity contribution in [2.24, 2.45) is 24.8 Å². The zero-order valence-electron chi connectivity index (χ0n) is 18.0. The van der Waals surface area contributed by atoms with Gasteiger partial charge in [-0.2, -0.15) is 0 Å². The highest BCUT2D eigenvalue weighted by molar-refractivity contribution is 6.21. The van der Waals surface area contributed by atoms with Gasteiger partial charge in [-0.15, -0.1) is 0 Å². The highest BCUT2D eigenvalue weighted by Crippen LogP contribution is 2.62. The number of hydrogen-bond donors (Lipinski definition) is 0. The van der Waals surface area contributed by atoms with E-state index in [9.17, 15) is 0 Å². The van der Waals surface area contributed by atoms with Gasteiger partial charge < -0.3 is 8.98 Å². The fraction of sp³-hybridized carbons (Fsp3) is 0.379. The third kappa shape index (κ3) is 2.04. The molecule has 154 valence electrons. The molecule has 31 heavy (non-hydrogen) atoms. The maximum atomic E-state index is 6.44. The lowest BCUT2D eigenvalue weighted by atomic mass is 9.48. The molecule has 0 amide bonds. The molecule has 4 aliphatic rings. The average Bonchev–Trinajstić information content (AvgIpc) is 3.28. The summed E-state index contributed by atoms with van der Waals surface area (Å²) in [5.74, 6) is 2.87. The summed E-state index contributed by atoms with van der Waals surface area (Å²) in [6.45, 7) is 0. The molecule has 0 unspecified atom stereocenters. The number of aromatic nitrogens is 1. The summed E-state index contributed by atoms with van der Waals surface area (Å²) in [5.41, 5.74) is 6.65. The first-order chi connectivity index (χ1) is 15.2. The van der Waals surface area contributed by atoms with E-state index in [0.717, 1.165) is 28.9 Å². The Hall–Kier alpha value is -2.74. The van der Waals surface area contributed by atoms with Crippen LogP contribution in [-0.4, -0.2) is 4.57 Å². The molecule has 0 radical (unpaired) electrons. The third-order valence-corrected chi connectivity index (χ3v) is 9.14. The van der Waals surface area contributed by atoms with Crippen LogP contribution in [0.2, 0.25) is 0 Å². The second kappa shape index (κ2) is 5.54. The van der Waals surface area contributed by atoms with Crippen LogP contribution in [-0.2, 0) is 12.5 Å². The van der Waals surface area contributed by atoms with E-state index in [1.54, 1.807) is 5.56 Å². The average molecular weight is 406 g/mol. The van der Waals surface area contributed by atoms with Gasteiger partial charge in [0.15, 0.2) is 5.58 Å². The highest BCUT2D eigenvalue weighted by atomic mass is 16.3. The molecule has 2 heteroatoms. The van der Waals surface area contributed by atoms with Crippen molar-refractivity contribution >= 4 is 43.7 Å². The molecule has 4 bridgehead atoms. The van der Waals surface area contributed by atoms with Crippen molar-refractivity contribution < 1.29 is 4.42 Å². The van der Waals surface area contributed by atoms with E-state index in [1.165, 1.54) is 71.1 Å². The molecule has 4 fully saturated rings. The van der Waals surface area contributed by atoms with Gasteiger partial charge in [0.1, 0.15) is 5.58 Å². The Kier molecular flexibility index (Phi) is 3.02. The van der Waals surface area contributed by atoms with Crippen LogP contribution < -0.4 is 0 Å². The molecular formula is C29H27NO. The molecule has 0 aliphatic heterocycles. The van der Waals surface area contributed by atoms with Crippen LogP contribution >= 0.6 is 0 Å². The largest absolute Gasteiger partial charge is 0.454 e. The van der Waals surface area contributed by atoms with Gasteiger partial charge >= 0.3 is 0 Å². The molecular weight excluding hydrogens is 378 g/mol. The Bertz CT molecular complexity index is 1500. The molecule has 0 spiro atoms. The van der Waals surface area contributed by atoms with Gasteiger partial charge in [-0.3, -0.25) is 0 Å². The highest BCUT2D eigenvalue weighted by Gasteiger charge is 2.52. The number of para-hydroxylation sites is 1. The lowest BCUT2D eigenvalue weighted by molar-refractivity contribution is -0.00447. The van der Waals surface area contributed by atoms with E-state index in [2.05, 4.69) is 66.2 Å². The molecule has 2 heterocycles. The quantitative estimate of drug-likeness (QED) is 0.279. The van der Waals surface area contributed by atoms with Gasteiger partial charge in [0.2, 0.25) is 0 Å². The summed E-state index contributed by atoms with van der Waals surface area (Å²) in [5, 5.41) is 5.30. The number of hydrogen-bond acceptors (Lipinski definition) is 1. The molecule has 4 saturated carbocycles. The normalized spacial score (nSPS) is 29.8. The van der Waals surface area contributed by atoms with Crippen molar-refractivity contribution in [3.63, 3.8) is 0 Å². The van der Waals surface area contributed by atoms with Gasteiger partial charge in [-0.1, -0.05) is 36.4 Å². The molecule has 3 aromatic carbocycles. The van der Waals surface area contributed by atoms with E-state index >= 15 is 0 Å². The topological polar surface area (TPSA) is 18.1 Å². The molecule has 9 rings (SSSR count).